The number of aromatic nitrogens is 1. The van der Waals surface area contributed by atoms with Crippen molar-refractivity contribution in [3.8, 4) is 5.75 Å². The molecule has 2 aromatic heterocycles. The van der Waals surface area contributed by atoms with Gasteiger partial charge in [-0.05, 0) is 29.1 Å². The third kappa shape index (κ3) is 4.48. The van der Waals surface area contributed by atoms with E-state index in [2.05, 4.69) is 15.0 Å². The second-order valence-corrected chi connectivity index (χ2v) is 10.3. The van der Waals surface area contributed by atoms with Gasteiger partial charge in [0.1, 0.15) is 30.0 Å². The van der Waals surface area contributed by atoms with Crippen molar-refractivity contribution in [2.24, 2.45) is 5.16 Å². The van der Waals surface area contributed by atoms with Crippen LogP contribution >= 0.6 is 11.3 Å². The van der Waals surface area contributed by atoms with Gasteiger partial charge < -0.3 is 20.2 Å². The minimum absolute atomic E-state index is 0.202. The molecule has 34 heavy (non-hydrogen) atoms. The Kier molecular flexibility index (Phi) is 6.20. The predicted octanol–water partition coefficient (Wildman–Crippen LogP) is 3.22. The SMILES string of the molecule is CO/N=C1/CC2(CCN(C(=O)C3(F)CCN(Cc4ccnc(N)c4)CC3)CC2)Oc2ccsc21. The van der Waals surface area contributed by atoms with Crippen LogP contribution in [0.5, 0.6) is 5.75 Å². The van der Waals surface area contributed by atoms with Gasteiger partial charge in [-0.25, -0.2) is 9.37 Å². The first kappa shape index (κ1) is 23.0. The first-order valence-electron chi connectivity index (χ1n) is 11.7. The van der Waals surface area contributed by atoms with E-state index >= 15 is 4.39 Å². The van der Waals surface area contributed by atoms with Crippen LogP contribution in [0.1, 0.15) is 42.5 Å². The maximum absolute atomic E-state index is 15.8. The van der Waals surface area contributed by atoms with Crippen molar-refractivity contribution in [2.45, 2.75) is 49.9 Å². The zero-order valence-corrected chi connectivity index (χ0v) is 20.2. The van der Waals surface area contributed by atoms with Gasteiger partial charge in [-0.15, -0.1) is 11.3 Å². The van der Waals surface area contributed by atoms with Gasteiger partial charge in [0.2, 0.25) is 0 Å². The van der Waals surface area contributed by atoms with Crippen LogP contribution in [0.25, 0.3) is 0 Å². The fraction of sp³-hybridized carbons (Fsp3) is 0.542. The molecule has 1 spiro atoms. The number of thiophene rings is 1. The number of fused-ring (bicyclic) bond motifs is 1. The Morgan fingerprint density at radius 1 is 1.26 bits per heavy atom. The molecule has 2 fully saturated rings. The zero-order valence-electron chi connectivity index (χ0n) is 19.3. The topological polar surface area (TPSA) is 93.3 Å². The van der Waals surface area contributed by atoms with Crippen LogP contribution < -0.4 is 10.5 Å². The molecule has 2 aromatic rings. The number of nitrogen functional groups attached to an aromatic ring is 1. The molecular formula is C24H30FN5O3S. The molecule has 0 bridgehead atoms. The molecule has 10 heteroatoms. The van der Waals surface area contributed by atoms with E-state index in [1.165, 1.54) is 0 Å². The number of carbonyl (C=O) groups is 1. The number of amides is 1. The standard InChI is InChI=1S/C24H30FN5O3S/c1-32-28-18-15-23(33-19-3-13-34-21(18)19)4-11-30(12-5-23)22(31)24(25)6-9-29(10-7-24)16-17-2-8-27-20(26)14-17/h2-3,8,13-14H,4-7,9-12,15-16H2,1H3,(H2,26,27)/b28-18-. The number of pyridine rings is 1. The number of likely N-dealkylation sites (tertiary alicyclic amines) is 2. The molecule has 0 aromatic carbocycles. The molecule has 0 atom stereocenters. The number of rotatable bonds is 4. The minimum Gasteiger partial charge on any atom is -0.485 e. The van der Waals surface area contributed by atoms with Gasteiger partial charge in [-0.3, -0.25) is 9.69 Å². The van der Waals surface area contributed by atoms with Crippen LogP contribution in [-0.2, 0) is 16.2 Å². The molecule has 0 unspecified atom stereocenters. The summed E-state index contributed by atoms with van der Waals surface area (Å²) in [6, 6.07) is 5.70. The maximum Gasteiger partial charge on any atom is 0.260 e. The van der Waals surface area contributed by atoms with E-state index in [1.54, 1.807) is 29.5 Å². The van der Waals surface area contributed by atoms with Crippen molar-refractivity contribution in [3.63, 3.8) is 0 Å². The van der Waals surface area contributed by atoms with E-state index in [4.69, 9.17) is 15.3 Å². The Morgan fingerprint density at radius 3 is 2.74 bits per heavy atom. The average molecular weight is 488 g/mol. The fourth-order valence-electron chi connectivity index (χ4n) is 5.24. The lowest BCUT2D eigenvalue weighted by Crippen LogP contribution is -2.57. The zero-order chi connectivity index (χ0) is 23.8. The maximum atomic E-state index is 15.8. The Labute approximate surface area is 202 Å². The molecule has 5 heterocycles. The van der Waals surface area contributed by atoms with E-state index in [0.29, 0.717) is 57.8 Å². The van der Waals surface area contributed by atoms with Crippen LogP contribution in [0.2, 0.25) is 0 Å². The smallest absolute Gasteiger partial charge is 0.260 e. The van der Waals surface area contributed by atoms with Crippen LogP contribution in [0.15, 0.2) is 34.9 Å². The van der Waals surface area contributed by atoms with Crippen molar-refractivity contribution in [1.29, 1.82) is 0 Å². The summed E-state index contributed by atoms with van der Waals surface area (Å²) in [5, 5.41) is 6.20. The number of alkyl halides is 1. The Hall–Kier alpha value is -2.72. The summed E-state index contributed by atoms with van der Waals surface area (Å²) in [6.07, 6.45) is 4.00. The highest BCUT2D eigenvalue weighted by Crippen LogP contribution is 2.42. The number of carbonyl (C=O) groups excluding carboxylic acids is 1. The molecular weight excluding hydrogens is 457 g/mol. The van der Waals surface area contributed by atoms with E-state index < -0.39 is 11.3 Å². The van der Waals surface area contributed by atoms with Crippen LogP contribution in [0.4, 0.5) is 10.2 Å². The quantitative estimate of drug-likeness (QED) is 0.666. The summed E-state index contributed by atoms with van der Waals surface area (Å²) in [5.41, 5.74) is 5.44. The van der Waals surface area contributed by atoms with Crippen molar-refractivity contribution in [3.05, 3.63) is 40.2 Å². The largest absolute Gasteiger partial charge is 0.485 e. The first-order chi connectivity index (χ1) is 16.4. The molecule has 0 aliphatic carbocycles. The van der Waals surface area contributed by atoms with E-state index in [9.17, 15) is 4.79 Å². The van der Waals surface area contributed by atoms with Crippen molar-refractivity contribution in [2.75, 3.05) is 39.0 Å². The van der Waals surface area contributed by atoms with Crippen molar-refractivity contribution >= 4 is 28.8 Å². The van der Waals surface area contributed by atoms with E-state index in [0.717, 1.165) is 21.9 Å². The number of hydrogen-bond donors (Lipinski definition) is 1. The molecule has 5 rings (SSSR count). The molecule has 3 aliphatic rings. The highest BCUT2D eigenvalue weighted by atomic mass is 32.1. The summed E-state index contributed by atoms with van der Waals surface area (Å²) < 4.78 is 22.1. The average Bonchev–Trinajstić information content (AvgIpc) is 3.29. The van der Waals surface area contributed by atoms with Crippen LogP contribution in [-0.4, -0.2) is 71.0 Å². The van der Waals surface area contributed by atoms with Crippen molar-refractivity contribution in [1.82, 2.24) is 14.8 Å². The fourth-order valence-corrected chi connectivity index (χ4v) is 6.04. The van der Waals surface area contributed by atoms with E-state index in [-0.39, 0.29) is 18.7 Å². The number of hydrogen-bond acceptors (Lipinski definition) is 8. The summed E-state index contributed by atoms with van der Waals surface area (Å²) in [4.78, 5) is 27.1. The molecule has 0 radical (unpaired) electrons. The summed E-state index contributed by atoms with van der Waals surface area (Å²) in [6.45, 7) is 2.69. The van der Waals surface area contributed by atoms with Gasteiger partial charge in [0.05, 0.1) is 4.88 Å². The molecule has 2 saturated heterocycles. The van der Waals surface area contributed by atoms with Gasteiger partial charge >= 0.3 is 0 Å². The normalized spacial score (nSPS) is 22.9. The first-order valence-corrected chi connectivity index (χ1v) is 12.6. The van der Waals surface area contributed by atoms with E-state index in [1.807, 2.05) is 23.6 Å². The Morgan fingerprint density at radius 2 is 2.03 bits per heavy atom. The van der Waals surface area contributed by atoms with Crippen molar-refractivity contribution < 1.29 is 18.8 Å². The summed E-state index contributed by atoms with van der Waals surface area (Å²) in [7, 11) is 1.54. The number of anilines is 1. The predicted molar refractivity (Wildman–Crippen MR) is 129 cm³/mol. The highest BCUT2D eigenvalue weighted by Gasteiger charge is 2.48. The molecule has 3 aliphatic heterocycles. The Bertz CT molecular complexity index is 1070. The molecule has 1 amide bonds. The van der Waals surface area contributed by atoms with Gasteiger partial charge in [0.25, 0.3) is 5.91 Å². The summed E-state index contributed by atoms with van der Waals surface area (Å²) >= 11 is 1.58. The van der Waals surface area contributed by atoms with Gasteiger partial charge in [-0.2, -0.15) is 0 Å². The number of ether oxygens (including phenoxy) is 1. The summed E-state index contributed by atoms with van der Waals surface area (Å²) in [5.74, 6) is 0.912. The highest BCUT2D eigenvalue weighted by molar-refractivity contribution is 7.12. The molecule has 182 valence electrons. The number of halogens is 1. The second kappa shape index (κ2) is 9.14. The van der Waals surface area contributed by atoms with Gasteiger partial charge in [0.15, 0.2) is 5.67 Å². The lowest BCUT2D eigenvalue weighted by Gasteiger charge is -2.46. The third-order valence-corrected chi connectivity index (χ3v) is 8.10. The molecule has 8 nitrogen and oxygen atoms in total. The molecule has 2 N–H and O–H groups in total. The second-order valence-electron chi connectivity index (χ2n) is 9.42. The lowest BCUT2D eigenvalue weighted by molar-refractivity contribution is -0.151. The van der Waals surface area contributed by atoms with Gasteiger partial charge in [-0.1, -0.05) is 5.16 Å². The monoisotopic (exact) mass is 487 g/mol. The number of oxime groups is 1. The number of nitrogens with two attached hydrogens (primary N) is 1. The van der Waals surface area contributed by atoms with Gasteiger partial charge in [0, 0.05) is 71.0 Å². The van der Waals surface area contributed by atoms with Crippen LogP contribution in [0, 0.1) is 0 Å². The van der Waals surface area contributed by atoms with Crippen LogP contribution in [0.3, 0.4) is 0 Å². The minimum atomic E-state index is -1.81. The number of nitrogens with zero attached hydrogens (tertiary/aromatic N) is 4. The number of piperidine rings is 2. The molecule has 0 saturated carbocycles. The lowest BCUT2D eigenvalue weighted by atomic mass is 9.83. The third-order valence-electron chi connectivity index (χ3n) is 7.15. The Balaban J connectivity index is 1.18.